The van der Waals surface area contributed by atoms with Gasteiger partial charge < -0.3 is 15.5 Å². The third-order valence-corrected chi connectivity index (χ3v) is 8.15. The summed E-state index contributed by atoms with van der Waals surface area (Å²) in [6, 6.07) is 13.0. The number of rotatable bonds is 11. The first-order chi connectivity index (χ1) is 21.5. The Balaban J connectivity index is 1.60. The first kappa shape index (κ1) is 31.6. The molecular weight excluding hydrogens is 603 g/mol. The van der Waals surface area contributed by atoms with E-state index >= 15 is 0 Å². The minimum absolute atomic E-state index is 0.0174. The van der Waals surface area contributed by atoms with Gasteiger partial charge in [0.1, 0.15) is 11.5 Å². The normalized spacial score (nSPS) is 11.3. The molecule has 3 aromatic heterocycles. The quantitative estimate of drug-likeness (QED) is 0.178. The highest BCUT2D eigenvalue weighted by Crippen LogP contribution is 2.37. The summed E-state index contributed by atoms with van der Waals surface area (Å²) in [4.78, 5) is 32.1. The lowest BCUT2D eigenvalue weighted by atomic mass is 9.94. The van der Waals surface area contributed by atoms with Crippen LogP contribution in [-0.2, 0) is 25.8 Å². The van der Waals surface area contributed by atoms with E-state index in [1.807, 2.05) is 13.8 Å². The summed E-state index contributed by atoms with van der Waals surface area (Å²) in [7, 11) is 0. The number of primary amides is 1. The van der Waals surface area contributed by atoms with Crippen LogP contribution in [0.1, 0.15) is 62.3 Å². The first-order valence-electron chi connectivity index (χ1n) is 14.3. The van der Waals surface area contributed by atoms with Gasteiger partial charge in [-0.3, -0.25) is 9.59 Å². The number of carbonyl (C=O) groups excluding carboxylic acids is 2. The second kappa shape index (κ2) is 13.4. The van der Waals surface area contributed by atoms with Crippen molar-refractivity contribution in [1.29, 1.82) is 0 Å². The van der Waals surface area contributed by atoms with E-state index in [-0.39, 0.29) is 23.8 Å². The second-order valence-electron chi connectivity index (χ2n) is 11.0. The van der Waals surface area contributed by atoms with Crippen molar-refractivity contribution in [2.24, 2.45) is 11.7 Å². The van der Waals surface area contributed by atoms with E-state index in [1.54, 1.807) is 31.2 Å². The van der Waals surface area contributed by atoms with Crippen molar-refractivity contribution in [2.45, 2.75) is 46.6 Å². The Morgan fingerprint density at radius 1 is 0.978 bits per heavy atom. The van der Waals surface area contributed by atoms with Crippen LogP contribution >= 0.6 is 11.3 Å². The molecule has 2 amide bonds. The van der Waals surface area contributed by atoms with Gasteiger partial charge in [-0.2, -0.15) is 0 Å². The molecule has 0 aliphatic heterocycles. The van der Waals surface area contributed by atoms with Gasteiger partial charge in [0.25, 0.3) is 23.4 Å². The number of carbonyl (C=O) groups is 2. The highest BCUT2D eigenvalue weighted by atomic mass is 32.1. The van der Waals surface area contributed by atoms with Gasteiger partial charge in [0.15, 0.2) is 11.6 Å². The van der Waals surface area contributed by atoms with E-state index in [4.69, 9.17) is 15.1 Å². The number of benzene rings is 2. The molecule has 2 aromatic carbocycles. The summed E-state index contributed by atoms with van der Waals surface area (Å²) in [5, 5.41) is 7.20. The topological polar surface area (TPSA) is 115 Å². The van der Waals surface area contributed by atoms with Gasteiger partial charge in [-0.15, -0.1) is 11.3 Å². The number of aryl methyl sites for hydroxylation is 3. The van der Waals surface area contributed by atoms with Gasteiger partial charge in [0.2, 0.25) is 0 Å². The molecule has 0 aliphatic carbocycles. The van der Waals surface area contributed by atoms with E-state index in [0.29, 0.717) is 63.1 Å². The number of hydrogen-bond acceptors (Lipinski definition) is 6. The number of pyridine rings is 1. The highest BCUT2D eigenvalue weighted by molar-refractivity contribution is 7.17. The van der Waals surface area contributed by atoms with E-state index in [2.05, 4.69) is 10.4 Å². The molecule has 45 heavy (non-hydrogen) atoms. The number of nitrogens with zero attached hydrogens (tertiary/aromatic N) is 3. The number of amides is 2. The molecule has 0 radical (unpaired) electrons. The van der Waals surface area contributed by atoms with E-state index in [9.17, 15) is 22.8 Å². The molecule has 0 atom stereocenters. The SMILES string of the molecule is Cc1n[n+](-c2c(CCc3ccc(F)cc3)nc(CC(C)C)c(C(N)=O)c2-c2ccc(C(=O)NCc3ccc(F)c(F)c3)s2)co1. The number of hydrogen-bond donors (Lipinski definition) is 2. The predicted octanol–water partition coefficient (Wildman–Crippen LogP) is 5.81. The van der Waals surface area contributed by atoms with Crippen molar-refractivity contribution in [1.82, 2.24) is 15.4 Å². The lowest BCUT2D eigenvalue weighted by Crippen LogP contribution is -2.36. The van der Waals surface area contributed by atoms with Crippen molar-refractivity contribution >= 4 is 23.2 Å². The van der Waals surface area contributed by atoms with Gasteiger partial charge in [-0.05, 0) is 71.0 Å². The molecule has 0 saturated carbocycles. The molecule has 0 aliphatic rings. The molecule has 0 spiro atoms. The predicted molar refractivity (Wildman–Crippen MR) is 162 cm³/mol. The second-order valence-corrected chi connectivity index (χ2v) is 12.1. The fraction of sp³-hybridized carbons (Fsp3) is 0.242. The first-order valence-corrected chi connectivity index (χ1v) is 15.1. The van der Waals surface area contributed by atoms with Crippen LogP contribution in [0, 0.1) is 30.3 Å². The van der Waals surface area contributed by atoms with Crippen molar-refractivity contribution in [2.75, 3.05) is 0 Å². The average Bonchev–Trinajstić information content (AvgIpc) is 3.66. The molecule has 5 rings (SSSR count). The van der Waals surface area contributed by atoms with Crippen molar-refractivity contribution < 1.29 is 31.9 Å². The summed E-state index contributed by atoms with van der Waals surface area (Å²) >= 11 is 1.14. The molecule has 8 nitrogen and oxygen atoms in total. The van der Waals surface area contributed by atoms with Crippen LogP contribution in [0.4, 0.5) is 13.2 Å². The maximum Gasteiger partial charge on any atom is 0.368 e. The monoisotopic (exact) mass is 634 g/mol. The fourth-order valence-corrected chi connectivity index (χ4v) is 5.97. The van der Waals surface area contributed by atoms with Crippen molar-refractivity contribution in [3.05, 3.63) is 117 Å². The van der Waals surface area contributed by atoms with Gasteiger partial charge in [0.05, 0.1) is 21.7 Å². The molecular formula is C33H31F3N5O3S+. The number of halogens is 3. The molecule has 3 N–H and O–H groups in total. The van der Waals surface area contributed by atoms with Crippen LogP contribution < -0.4 is 15.7 Å². The summed E-state index contributed by atoms with van der Waals surface area (Å²) in [6.07, 6.45) is 2.82. The third-order valence-electron chi connectivity index (χ3n) is 7.04. The number of nitrogens with one attached hydrogen (secondary N) is 1. The maximum absolute atomic E-state index is 13.7. The van der Waals surface area contributed by atoms with Gasteiger partial charge in [-0.25, -0.2) is 18.2 Å². The Morgan fingerprint density at radius 2 is 1.71 bits per heavy atom. The maximum atomic E-state index is 13.7. The lowest BCUT2D eigenvalue weighted by Gasteiger charge is -2.16. The molecule has 5 aromatic rings. The highest BCUT2D eigenvalue weighted by Gasteiger charge is 2.33. The summed E-state index contributed by atoms with van der Waals surface area (Å²) in [5.74, 6) is -2.91. The molecule has 12 heteroatoms. The molecule has 0 fully saturated rings. The standard InChI is InChI=1S/C33H30F3N5O3S/c1-18(2)14-26-29(32(37)42)30(27-12-13-28(45-27)33(43)38-16-21-6-10-23(35)24(36)15-21)31(41-17-44-19(3)40-41)25(39-26)11-7-20-4-8-22(34)9-5-20/h4-6,8-10,12-13,15,17-18H,7,11,14,16H2,1-3H3,(H2-,37,38,42,43)/p+1. The van der Waals surface area contributed by atoms with Gasteiger partial charge in [0, 0.05) is 29.9 Å². The number of nitrogens with two attached hydrogens (primary N) is 1. The molecule has 3 heterocycles. The van der Waals surface area contributed by atoms with E-state index < -0.39 is 23.4 Å². The van der Waals surface area contributed by atoms with Gasteiger partial charge in [-0.1, -0.05) is 32.0 Å². The van der Waals surface area contributed by atoms with Crippen LogP contribution in [0.15, 0.2) is 65.4 Å². The Bertz CT molecular complexity index is 1870. The number of aromatic nitrogens is 3. The third kappa shape index (κ3) is 7.28. The molecule has 0 saturated heterocycles. The zero-order chi connectivity index (χ0) is 32.2. The Labute approximate surface area is 261 Å². The average molecular weight is 635 g/mol. The zero-order valence-electron chi connectivity index (χ0n) is 24.9. The molecule has 232 valence electrons. The molecule has 0 unspecified atom stereocenters. The number of thiophene rings is 1. The minimum Gasteiger partial charge on any atom is -0.388 e. The Hall–Kier alpha value is -4.84. The Kier molecular flexibility index (Phi) is 9.43. The largest absolute Gasteiger partial charge is 0.388 e. The molecule has 0 bridgehead atoms. The zero-order valence-corrected chi connectivity index (χ0v) is 25.7. The van der Waals surface area contributed by atoms with Crippen LogP contribution in [0.2, 0.25) is 0 Å². The van der Waals surface area contributed by atoms with Crippen molar-refractivity contribution in [3.63, 3.8) is 0 Å². The summed E-state index contributed by atoms with van der Waals surface area (Å²) in [5.41, 5.74) is 9.60. The minimum atomic E-state index is -1.00. The van der Waals surface area contributed by atoms with Crippen molar-refractivity contribution in [3.8, 4) is 16.1 Å². The lowest BCUT2D eigenvalue weighted by molar-refractivity contribution is -0.660. The summed E-state index contributed by atoms with van der Waals surface area (Å²) < 4.78 is 47.6. The van der Waals surface area contributed by atoms with Crippen LogP contribution in [0.3, 0.4) is 0 Å². The fourth-order valence-electron chi connectivity index (χ4n) is 4.99. The summed E-state index contributed by atoms with van der Waals surface area (Å²) in [6.45, 7) is 5.68. The van der Waals surface area contributed by atoms with Gasteiger partial charge >= 0.3 is 6.39 Å². The Morgan fingerprint density at radius 3 is 2.36 bits per heavy atom. The van der Waals surface area contributed by atoms with E-state index in [1.165, 1.54) is 29.3 Å². The van der Waals surface area contributed by atoms with Crippen LogP contribution in [0.5, 0.6) is 0 Å². The smallest absolute Gasteiger partial charge is 0.368 e. The van der Waals surface area contributed by atoms with Crippen LogP contribution in [-0.4, -0.2) is 21.9 Å². The van der Waals surface area contributed by atoms with Crippen LogP contribution in [0.25, 0.3) is 16.1 Å². The van der Waals surface area contributed by atoms with E-state index in [0.717, 1.165) is 29.0 Å².